The zero-order chi connectivity index (χ0) is 12.7. The van der Waals surface area contributed by atoms with Crippen LogP contribution in [0.3, 0.4) is 0 Å². The van der Waals surface area contributed by atoms with E-state index in [0.717, 1.165) is 22.3 Å². The highest BCUT2D eigenvalue weighted by Gasteiger charge is 2.11. The number of halogens is 1. The van der Waals surface area contributed by atoms with Crippen LogP contribution in [0.5, 0.6) is 0 Å². The Labute approximate surface area is 109 Å². The minimum Gasteiger partial charge on any atom is -0.384 e. The molecule has 0 aliphatic carbocycles. The van der Waals surface area contributed by atoms with Gasteiger partial charge in [0.1, 0.15) is 11.5 Å². The summed E-state index contributed by atoms with van der Waals surface area (Å²) in [6.07, 6.45) is 3.40. The molecule has 18 heavy (non-hydrogen) atoms. The fraction of sp³-hybridized carbons (Fsp3) is 0.0769. The van der Waals surface area contributed by atoms with Crippen molar-refractivity contribution in [2.45, 2.75) is 0 Å². The molecule has 0 amide bonds. The number of pyridine rings is 2. The number of rotatable bonds is 1. The molecule has 3 aromatic rings. The third-order valence-electron chi connectivity index (χ3n) is 2.95. The summed E-state index contributed by atoms with van der Waals surface area (Å²) >= 11 is 6.17. The van der Waals surface area contributed by atoms with E-state index in [1.54, 1.807) is 18.5 Å². The molecular formula is C13H11ClN4. The molecule has 0 saturated carbocycles. The summed E-state index contributed by atoms with van der Waals surface area (Å²) in [5, 5.41) is 1.64. The second-order valence-corrected chi connectivity index (χ2v) is 4.50. The molecule has 0 bridgehead atoms. The van der Waals surface area contributed by atoms with E-state index in [2.05, 4.69) is 9.97 Å². The number of hydrogen-bond donors (Lipinski definition) is 1. The van der Waals surface area contributed by atoms with E-state index in [0.29, 0.717) is 10.8 Å². The van der Waals surface area contributed by atoms with E-state index in [9.17, 15) is 0 Å². The van der Waals surface area contributed by atoms with E-state index in [-0.39, 0.29) is 0 Å². The molecule has 0 unspecified atom stereocenters. The van der Waals surface area contributed by atoms with Crippen molar-refractivity contribution in [2.75, 3.05) is 5.73 Å². The van der Waals surface area contributed by atoms with Crippen molar-refractivity contribution in [1.29, 1.82) is 0 Å². The van der Waals surface area contributed by atoms with Gasteiger partial charge in [0, 0.05) is 30.4 Å². The highest BCUT2D eigenvalue weighted by atomic mass is 35.5. The van der Waals surface area contributed by atoms with Crippen LogP contribution >= 0.6 is 11.6 Å². The van der Waals surface area contributed by atoms with E-state index in [4.69, 9.17) is 17.3 Å². The van der Waals surface area contributed by atoms with Crippen LogP contribution < -0.4 is 5.73 Å². The molecule has 0 aromatic carbocycles. The summed E-state index contributed by atoms with van der Waals surface area (Å²) in [5.41, 5.74) is 8.58. The van der Waals surface area contributed by atoms with Crippen LogP contribution in [-0.4, -0.2) is 14.5 Å². The highest BCUT2D eigenvalue weighted by molar-refractivity contribution is 6.35. The number of hydrogen-bond acceptors (Lipinski definition) is 3. The lowest BCUT2D eigenvalue weighted by atomic mass is 10.2. The second kappa shape index (κ2) is 3.99. The largest absolute Gasteiger partial charge is 0.384 e. The van der Waals surface area contributed by atoms with Gasteiger partial charge in [-0.25, -0.2) is 9.97 Å². The number of aromatic nitrogens is 3. The van der Waals surface area contributed by atoms with Crippen molar-refractivity contribution < 1.29 is 0 Å². The molecule has 5 heteroatoms. The molecule has 3 heterocycles. The van der Waals surface area contributed by atoms with Crippen molar-refractivity contribution in [1.82, 2.24) is 14.5 Å². The van der Waals surface area contributed by atoms with Crippen LogP contribution in [0.1, 0.15) is 0 Å². The minimum atomic E-state index is 0.497. The zero-order valence-corrected chi connectivity index (χ0v) is 10.5. The second-order valence-electron chi connectivity index (χ2n) is 4.09. The van der Waals surface area contributed by atoms with Gasteiger partial charge in [-0.05, 0) is 24.3 Å². The van der Waals surface area contributed by atoms with Crippen LogP contribution in [-0.2, 0) is 7.05 Å². The standard InChI is InChI=1S/C13H11ClN4/c1-18-11(8-2-4-16-12(15)6-8)7-9-10(14)3-5-17-13(9)18/h2-7H,1H3,(H2,15,16). The zero-order valence-electron chi connectivity index (χ0n) is 9.76. The maximum Gasteiger partial charge on any atom is 0.141 e. The molecule has 0 saturated heterocycles. The first-order valence-corrected chi connectivity index (χ1v) is 5.86. The molecule has 0 atom stereocenters. The quantitative estimate of drug-likeness (QED) is 0.730. The number of fused-ring (bicyclic) bond motifs is 1. The summed E-state index contributed by atoms with van der Waals surface area (Å²) in [7, 11) is 1.96. The summed E-state index contributed by atoms with van der Waals surface area (Å²) in [6.45, 7) is 0. The summed E-state index contributed by atoms with van der Waals surface area (Å²) in [5.74, 6) is 0.497. The first-order valence-electron chi connectivity index (χ1n) is 5.48. The monoisotopic (exact) mass is 258 g/mol. The van der Waals surface area contributed by atoms with E-state index >= 15 is 0 Å². The molecule has 3 rings (SSSR count). The lowest BCUT2D eigenvalue weighted by Gasteiger charge is -2.04. The van der Waals surface area contributed by atoms with Gasteiger partial charge in [-0.3, -0.25) is 0 Å². The molecule has 2 N–H and O–H groups in total. The van der Waals surface area contributed by atoms with Crippen LogP contribution in [0, 0.1) is 0 Å². The lowest BCUT2D eigenvalue weighted by molar-refractivity contribution is 0.957. The number of nitrogens with two attached hydrogens (primary N) is 1. The Balaban J connectivity index is 2.30. The predicted molar refractivity (Wildman–Crippen MR) is 73.4 cm³/mol. The van der Waals surface area contributed by atoms with E-state index in [1.807, 2.05) is 29.8 Å². The van der Waals surface area contributed by atoms with Crippen LogP contribution in [0.25, 0.3) is 22.3 Å². The molecule has 0 radical (unpaired) electrons. The van der Waals surface area contributed by atoms with Gasteiger partial charge in [0.05, 0.1) is 10.7 Å². The fourth-order valence-corrected chi connectivity index (χ4v) is 2.27. The van der Waals surface area contributed by atoms with Gasteiger partial charge in [0.2, 0.25) is 0 Å². The molecule has 0 fully saturated rings. The van der Waals surface area contributed by atoms with Gasteiger partial charge >= 0.3 is 0 Å². The smallest absolute Gasteiger partial charge is 0.141 e. The van der Waals surface area contributed by atoms with Crippen molar-refractivity contribution in [3.63, 3.8) is 0 Å². The molecule has 0 aliphatic rings. The van der Waals surface area contributed by atoms with Gasteiger partial charge < -0.3 is 10.3 Å². The molecular weight excluding hydrogens is 248 g/mol. The molecule has 0 aliphatic heterocycles. The third-order valence-corrected chi connectivity index (χ3v) is 3.28. The topological polar surface area (TPSA) is 56.7 Å². The molecule has 3 aromatic heterocycles. The summed E-state index contributed by atoms with van der Waals surface area (Å²) < 4.78 is 2.00. The molecule has 0 spiro atoms. The van der Waals surface area contributed by atoms with Gasteiger partial charge in [0.15, 0.2) is 0 Å². The van der Waals surface area contributed by atoms with Gasteiger partial charge in [-0.2, -0.15) is 0 Å². The Bertz CT molecular complexity index is 733. The third kappa shape index (κ3) is 1.62. The lowest BCUT2D eigenvalue weighted by Crippen LogP contribution is -1.95. The van der Waals surface area contributed by atoms with Gasteiger partial charge in [-0.1, -0.05) is 11.6 Å². The van der Waals surface area contributed by atoms with Crippen molar-refractivity contribution in [2.24, 2.45) is 7.05 Å². The Morgan fingerprint density at radius 3 is 2.67 bits per heavy atom. The Morgan fingerprint density at radius 2 is 1.94 bits per heavy atom. The van der Waals surface area contributed by atoms with E-state index in [1.165, 1.54) is 0 Å². The Morgan fingerprint density at radius 1 is 1.17 bits per heavy atom. The first-order chi connectivity index (χ1) is 8.66. The minimum absolute atomic E-state index is 0.497. The maximum atomic E-state index is 6.17. The fourth-order valence-electron chi connectivity index (χ4n) is 2.07. The molecule has 4 nitrogen and oxygen atoms in total. The van der Waals surface area contributed by atoms with Gasteiger partial charge in [-0.15, -0.1) is 0 Å². The first kappa shape index (κ1) is 11.0. The summed E-state index contributed by atoms with van der Waals surface area (Å²) in [4.78, 5) is 8.34. The number of nitrogens with zero attached hydrogens (tertiary/aromatic N) is 3. The number of anilines is 1. The van der Waals surface area contributed by atoms with Crippen molar-refractivity contribution in [3.05, 3.63) is 41.7 Å². The van der Waals surface area contributed by atoms with Crippen LogP contribution in [0.2, 0.25) is 5.02 Å². The Kier molecular flexibility index (Phi) is 2.45. The summed E-state index contributed by atoms with van der Waals surface area (Å²) in [6, 6.07) is 7.55. The SMILES string of the molecule is Cn1c(-c2ccnc(N)c2)cc2c(Cl)ccnc21. The number of aryl methyl sites for hydroxylation is 1. The highest BCUT2D eigenvalue weighted by Crippen LogP contribution is 2.30. The predicted octanol–water partition coefficient (Wildman–Crippen LogP) is 2.87. The van der Waals surface area contributed by atoms with Crippen molar-refractivity contribution in [3.8, 4) is 11.3 Å². The van der Waals surface area contributed by atoms with Crippen molar-refractivity contribution >= 4 is 28.5 Å². The van der Waals surface area contributed by atoms with Crippen LogP contribution in [0.15, 0.2) is 36.7 Å². The normalized spacial score (nSPS) is 11.0. The average Bonchev–Trinajstić information content (AvgIpc) is 2.69. The Hall–Kier alpha value is -2.07. The van der Waals surface area contributed by atoms with Crippen LogP contribution in [0.4, 0.5) is 5.82 Å². The van der Waals surface area contributed by atoms with E-state index < -0.39 is 0 Å². The van der Waals surface area contributed by atoms with Gasteiger partial charge in [0.25, 0.3) is 0 Å². The number of nitrogen functional groups attached to an aromatic ring is 1. The molecule has 90 valence electrons. The maximum absolute atomic E-state index is 6.17. The average molecular weight is 259 g/mol.